The third kappa shape index (κ3) is 1.93. The van der Waals surface area contributed by atoms with Gasteiger partial charge in [-0.05, 0) is 19.8 Å². The number of likely N-dealkylation sites (N-methyl/N-ethyl adjacent to an activating group) is 1. The Labute approximate surface area is 119 Å². The van der Waals surface area contributed by atoms with Crippen LogP contribution in [-0.4, -0.2) is 53.2 Å². The zero-order valence-corrected chi connectivity index (χ0v) is 12.4. The molecule has 20 heavy (non-hydrogen) atoms. The van der Waals surface area contributed by atoms with E-state index in [0.29, 0.717) is 13.2 Å². The summed E-state index contributed by atoms with van der Waals surface area (Å²) in [6.07, 6.45) is 1.75. The summed E-state index contributed by atoms with van der Waals surface area (Å²) in [4.78, 5) is 25.0. The minimum atomic E-state index is -1.02. The van der Waals surface area contributed by atoms with Crippen molar-refractivity contribution in [1.29, 1.82) is 0 Å². The number of ether oxygens (including phenoxy) is 1. The van der Waals surface area contributed by atoms with Gasteiger partial charge in [0.1, 0.15) is 12.1 Å². The standard InChI is InChI=1S/C14H24N2O4/c1-4-16(8-10(17)18)12(19)14(15)9-6-5-7-20-11(9)13(14,2)3/h9,11H,4-8,15H2,1-3H3,(H,17,18). The quantitative estimate of drug-likeness (QED) is 0.782. The van der Waals surface area contributed by atoms with E-state index in [-0.39, 0.29) is 24.5 Å². The molecule has 6 nitrogen and oxygen atoms in total. The lowest BCUT2D eigenvalue weighted by Gasteiger charge is -2.65. The Kier molecular flexibility index (Phi) is 3.81. The van der Waals surface area contributed by atoms with Gasteiger partial charge in [-0.2, -0.15) is 0 Å². The molecule has 0 aromatic carbocycles. The first kappa shape index (κ1) is 15.3. The predicted octanol–water partition coefficient (Wildman–Crippen LogP) is 0.452. The normalized spacial score (nSPS) is 34.8. The molecule has 0 aromatic rings. The van der Waals surface area contributed by atoms with Crippen LogP contribution < -0.4 is 5.73 Å². The lowest BCUT2D eigenvalue weighted by atomic mass is 9.46. The molecule has 3 unspecified atom stereocenters. The highest BCUT2D eigenvalue weighted by Crippen LogP contribution is 2.57. The second-order valence-electron chi connectivity index (χ2n) is 6.34. The average Bonchev–Trinajstić information content (AvgIpc) is 2.42. The Bertz CT molecular complexity index is 423. The molecule has 0 aromatic heterocycles. The maximum Gasteiger partial charge on any atom is 0.323 e. The van der Waals surface area contributed by atoms with Crippen LogP contribution in [0, 0.1) is 11.3 Å². The number of carbonyl (C=O) groups is 2. The number of carbonyl (C=O) groups excluding carboxylic acids is 1. The second-order valence-corrected chi connectivity index (χ2v) is 6.34. The third-order valence-corrected chi connectivity index (χ3v) is 5.03. The SMILES string of the molecule is CCN(CC(=O)O)C(=O)C1(N)C2CCCOC2C1(C)C. The van der Waals surface area contributed by atoms with E-state index in [2.05, 4.69) is 0 Å². The van der Waals surface area contributed by atoms with Gasteiger partial charge in [0.15, 0.2) is 0 Å². The van der Waals surface area contributed by atoms with Crippen LogP contribution in [0.4, 0.5) is 0 Å². The topological polar surface area (TPSA) is 92.9 Å². The molecule has 0 bridgehead atoms. The fraction of sp³-hybridized carbons (Fsp3) is 0.857. The number of fused-ring (bicyclic) bond motifs is 1. The first-order chi connectivity index (χ1) is 9.26. The lowest BCUT2D eigenvalue weighted by molar-refractivity contribution is -0.230. The molecule has 1 saturated heterocycles. The van der Waals surface area contributed by atoms with Crippen LogP contribution in [0.1, 0.15) is 33.6 Å². The van der Waals surface area contributed by atoms with Gasteiger partial charge in [-0.3, -0.25) is 9.59 Å². The van der Waals surface area contributed by atoms with Crippen LogP contribution in [0.25, 0.3) is 0 Å². The molecule has 2 aliphatic rings. The summed E-state index contributed by atoms with van der Waals surface area (Å²) in [6.45, 7) is 6.39. The maximum atomic E-state index is 12.8. The molecule has 3 N–H and O–H groups in total. The van der Waals surface area contributed by atoms with Crippen LogP contribution in [0.5, 0.6) is 0 Å². The molecule has 0 radical (unpaired) electrons. The van der Waals surface area contributed by atoms with Crippen LogP contribution in [0.15, 0.2) is 0 Å². The molecular weight excluding hydrogens is 260 g/mol. The monoisotopic (exact) mass is 284 g/mol. The van der Waals surface area contributed by atoms with E-state index in [4.69, 9.17) is 15.6 Å². The van der Waals surface area contributed by atoms with Gasteiger partial charge in [0.05, 0.1) is 6.10 Å². The molecule has 1 aliphatic carbocycles. The van der Waals surface area contributed by atoms with Crippen molar-refractivity contribution < 1.29 is 19.4 Å². The zero-order valence-electron chi connectivity index (χ0n) is 12.4. The Morgan fingerprint density at radius 2 is 2.10 bits per heavy atom. The fourth-order valence-corrected chi connectivity index (χ4v) is 3.76. The Balaban J connectivity index is 2.24. The fourth-order valence-electron chi connectivity index (χ4n) is 3.76. The van der Waals surface area contributed by atoms with E-state index in [1.807, 2.05) is 13.8 Å². The minimum absolute atomic E-state index is 0.00580. The second kappa shape index (κ2) is 5.00. The van der Waals surface area contributed by atoms with E-state index in [9.17, 15) is 9.59 Å². The first-order valence-corrected chi connectivity index (χ1v) is 7.18. The number of rotatable bonds is 4. The van der Waals surface area contributed by atoms with Crippen LogP contribution in [-0.2, 0) is 14.3 Å². The molecule has 2 fully saturated rings. The predicted molar refractivity (Wildman–Crippen MR) is 73.1 cm³/mol. The number of nitrogens with two attached hydrogens (primary N) is 1. The summed E-state index contributed by atoms with van der Waals surface area (Å²) < 4.78 is 5.77. The van der Waals surface area contributed by atoms with Gasteiger partial charge in [0, 0.05) is 24.5 Å². The van der Waals surface area contributed by atoms with Crippen molar-refractivity contribution in [2.75, 3.05) is 19.7 Å². The highest BCUT2D eigenvalue weighted by atomic mass is 16.5. The molecule has 114 valence electrons. The smallest absolute Gasteiger partial charge is 0.323 e. The molecule has 1 aliphatic heterocycles. The van der Waals surface area contributed by atoms with Crippen molar-refractivity contribution in [1.82, 2.24) is 4.90 Å². The Morgan fingerprint density at radius 3 is 2.65 bits per heavy atom. The molecule has 6 heteroatoms. The summed E-state index contributed by atoms with van der Waals surface area (Å²) in [6, 6.07) is 0. The van der Waals surface area contributed by atoms with Crippen LogP contribution in [0.3, 0.4) is 0 Å². The highest BCUT2D eigenvalue weighted by molar-refractivity contribution is 5.91. The molecule has 0 spiro atoms. The van der Waals surface area contributed by atoms with Gasteiger partial charge in [-0.15, -0.1) is 0 Å². The highest BCUT2D eigenvalue weighted by Gasteiger charge is 2.70. The molecule has 2 rings (SSSR count). The number of carboxylic acids is 1. The molecular formula is C14H24N2O4. The van der Waals surface area contributed by atoms with E-state index >= 15 is 0 Å². The zero-order chi connectivity index (χ0) is 15.1. The van der Waals surface area contributed by atoms with Crippen LogP contribution >= 0.6 is 0 Å². The number of hydrogen-bond acceptors (Lipinski definition) is 4. The van der Waals surface area contributed by atoms with Crippen molar-refractivity contribution in [2.45, 2.75) is 45.3 Å². The van der Waals surface area contributed by atoms with Gasteiger partial charge < -0.3 is 20.5 Å². The van der Waals surface area contributed by atoms with Crippen molar-refractivity contribution in [3.05, 3.63) is 0 Å². The van der Waals surface area contributed by atoms with Crippen molar-refractivity contribution in [3.63, 3.8) is 0 Å². The van der Waals surface area contributed by atoms with E-state index in [1.165, 1.54) is 4.90 Å². The summed E-state index contributed by atoms with van der Waals surface area (Å²) in [5.41, 5.74) is 4.97. The summed E-state index contributed by atoms with van der Waals surface area (Å²) >= 11 is 0. The van der Waals surface area contributed by atoms with Crippen molar-refractivity contribution >= 4 is 11.9 Å². The molecule has 1 heterocycles. The number of amides is 1. The maximum absolute atomic E-state index is 12.8. The third-order valence-electron chi connectivity index (χ3n) is 5.03. The van der Waals surface area contributed by atoms with Gasteiger partial charge in [0.2, 0.25) is 5.91 Å². The number of hydrogen-bond donors (Lipinski definition) is 2. The molecule has 1 saturated carbocycles. The Hall–Kier alpha value is -1.14. The van der Waals surface area contributed by atoms with Crippen molar-refractivity contribution in [3.8, 4) is 0 Å². The summed E-state index contributed by atoms with van der Waals surface area (Å²) in [5.74, 6) is -1.29. The van der Waals surface area contributed by atoms with Crippen molar-refractivity contribution in [2.24, 2.45) is 17.1 Å². The average molecular weight is 284 g/mol. The van der Waals surface area contributed by atoms with E-state index < -0.39 is 16.9 Å². The minimum Gasteiger partial charge on any atom is -0.480 e. The number of nitrogens with zero attached hydrogens (tertiary/aromatic N) is 1. The van der Waals surface area contributed by atoms with Gasteiger partial charge >= 0.3 is 5.97 Å². The number of carboxylic acid groups (broad SMARTS) is 1. The van der Waals surface area contributed by atoms with Gasteiger partial charge in [-0.25, -0.2) is 0 Å². The first-order valence-electron chi connectivity index (χ1n) is 7.18. The van der Waals surface area contributed by atoms with Crippen LogP contribution in [0.2, 0.25) is 0 Å². The molecule has 1 amide bonds. The van der Waals surface area contributed by atoms with E-state index in [1.54, 1.807) is 6.92 Å². The lowest BCUT2D eigenvalue weighted by Crippen LogP contribution is -2.82. The molecule has 3 atom stereocenters. The van der Waals surface area contributed by atoms with Gasteiger partial charge in [0.25, 0.3) is 0 Å². The number of aliphatic carboxylic acids is 1. The van der Waals surface area contributed by atoms with E-state index in [0.717, 1.165) is 12.8 Å². The summed E-state index contributed by atoms with van der Waals surface area (Å²) in [5, 5.41) is 8.92. The largest absolute Gasteiger partial charge is 0.480 e. The summed E-state index contributed by atoms with van der Waals surface area (Å²) in [7, 11) is 0. The van der Waals surface area contributed by atoms with Gasteiger partial charge in [-0.1, -0.05) is 13.8 Å². The Morgan fingerprint density at radius 1 is 1.45 bits per heavy atom.